The van der Waals surface area contributed by atoms with Gasteiger partial charge in [0.2, 0.25) is 0 Å². The number of hydrogen-bond donors (Lipinski definition) is 1. The molecular weight excluding hydrogens is 268 g/mol. The molecule has 108 valence electrons. The van der Waals surface area contributed by atoms with Gasteiger partial charge in [0.15, 0.2) is 5.78 Å². The van der Waals surface area contributed by atoms with E-state index in [-0.39, 0.29) is 11.9 Å². The minimum Gasteiger partial charge on any atom is -0.484 e. The van der Waals surface area contributed by atoms with E-state index >= 15 is 0 Å². The van der Waals surface area contributed by atoms with Crippen molar-refractivity contribution in [3.05, 3.63) is 65.7 Å². The van der Waals surface area contributed by atoms with Crippen LogP contribution in [0.3, 0.4) is 0 Å². The van der Waals surface area contributed by atoms with Crippen LogP contribution in [-0.2, 0) is 4.79 Å². The molecule has 1 aliphatic rings. The Labute approximate surface area is 123 Å². The van der Waals surface area contributed by atoms with Crippen LogP contribution in [-0.4, -0.2) is 16.9 Å². The summed E-state index contributed by atoms with van der Waals surface area (Å²) >= 11 is 0. The third-order valence-corrected chi connectivity index (χ3v) is 3.00. The van der Waals surface area contributed by atoms with Gasteiger partial charge in [0.1, 0.15) is 11.9 Å². The number of rotatable bonds is 1. The number of ketones is 1. The number of carbonyl (C=O) groups excluding carboxylic acids is 1. The zero-order valence-corrected chi connectivity index (χ0v) is 11.7. The Morgan fingerprint density at radius 1 is 1.10 bits per heavy atom. The third kappa shape index (κ3) is 3.92. The molecule has 1 heterocycles. The number of ether oxygens (including phenoxy) is 1. The zero-order valence-electron chi connectivity index (χ0n) is 11.7. The molecule has 4 heteroatoms. The molecule has 3 rings (SSSR count). The highest BCUT2D eigenvalue weighted by atomic mass is 16.5. The molecule has 0 aliphatic carbocycles. The maximum atomic E-state index is 12.0. The Morgan fingerprint density at radius 3 is 2.33 bits per heavy atom. The lowest BCUT2D eigenvalue weighted by Gasteiger charge is -2.25. The number of carboxylic acids is 1. The Balaban J connectivity index is 0.000000361. The fourth-order valence-electron chi connectivity index (χ4n) is 2.13. The summed E-state index contributed by atoms with van der Waals surface area (Å²) in [7, 11) is 0. The lowest BCUT2D eigenvalue weighted by molar-refractivity contribution is -0.134. The molecule has 21 heavy (non-hydrogen) atoms. The average Bonchev–Trinajstić information content (AvgIpc) is 2.47. The Bertz CT molecular complexity index is 630. The normalized spacial score (nSPS) is 16.0. The number of benzene rings is 2. The first kappa shape index (κ1) is 14.8. The number of aliphatic carboxylic acids is 1. The van der Waals surface area contributed by atoms with Crippen molar-refractivity contribution in [2.45, 2.75) is 19.4 Å². The summed E-state index contributed by atoms with van der Waals surface area (Å²) < 4.78 is 5.87. The number of hydrogen-bond acceptors (Lipinski definition) is 3. The lowest BCUT2D eigenvalue weighted by Crippen LogP contribution is -2.20. The van der Waals surface area contributed by atoms with Crippen LogP contribution in [0.5, 0.6) is 5.75 Å². The quantitative estimate of drug-likeness (QED) is 0.870. The fourth-order valence-corrected chi connectivity index (χ4v) is 2.13. The van der Waals surface area contributed by atoms with Crippen molar-refractivity contribution in [1.29, 1.82) is 0 Å². The fraction of sp³-hybridized carbons (Fsp3) is 0.176. The molecule has 1 aliphatic heterocycles. The first-order valence-electron chi connectivity index (χ1n) is 6.61. The standard InChI is InChI=1S/C15H12O2.C2H4O2/c16-13-10-15(11-6-2-1-3-7-11)17-14-9-5-4-8-12(13)14;1-2(3)4/h1-9,15H,10H2;1H3,(H,3,4). The molecule has 1 unspecified atom stereocenters. The monoisotopic (exact) mass is 284 g/mol. The summed E-state index contributed by atoms with van der Waals surface area (Å²) in [6, 6.07) is 17.3. The molecule has 1 atom stereocenters. The second-order valence-corrected chi connectivity index (χ2v) is 4.66. The molecular formula is C17H16O4. The van der Waals surface area contributed by atoms with Gasteiger partial charge in [0.05, 0.1) is 12.0 Å². The molecule has 0 saturated carbocycles. The van der Waals surface area contributed by atoms with E-state index in [1.54, 1.807) is 0 Å². The van der Waals surface area contributed by atoms with Crippen molar-refractivity contribution in [2.24, 2.45) is 0 Å². The SMILES string of the molecule is CC(=O)O.O=C1CC(c2ccccc2)Oc2ccccc21. The zero-order chi connectivity index (χ0) is 15.2. The van der Waals surface area contributed by atoms with Crippen LogP contribution in [0.25, 0.3) is 0 Å². The minimum atomic E-state index is -0.833. The van der Waals surface area contributed by atoms with Gasteiger partial charge < -0.3 is 9.84 Å². The van der Waals surface area contributed by atoms with Crippen LogP contribution in [0.4, 0.5) is 0 Å². The summed E-state index contributed by atoms with van der Waals surface area (Å²) in [6.07, 6.45) is 0.264. The van der Waals surface area contributed by atoms with Gasteiger partial charge in [0.25, 0.3) is 5.97 Å². The molecule has 0 aromatic heterocycles. The van der Waals surface area contributed by atoms with Gasteiger partial charge in [-0.3, -0.25) is 9.59 Å². The topological polar surface area (TPSA) is 63.6 Å². The predicted molar refractivity (Wildman–Crippen MR) is 78.5 cm³/mol. The third-order valence-electron chi connectivity index (χ3n) is 3.00. The van der Waals surface area contributed by atoms with E-state index in [0.29, 0.717) is 17.7 Å². The van der Waals surface area contributed by atoms with E-state index in [2.05, 4.69) is 0 Å². The summed E-state index contributed by atoms with van der Waals surface area (Å²) in [4.78, 5) is 21.0. The highest BCUT2D eigenvalue weighted by molar-refractivity contribution is 5.99. The molecule has 2 aromatic carbocycles. The van der Waals surface area contributed by atoms with Crippen LogP contribution in [0.1, 0.15) is 35.4 Å². The van der Waals surface area contributed by atoms with E-state index in [0.717, 1.165) is 12.5 Å². The van der Waals surface area contributed by atoms with E-state index in [1.165, 1.54) is 0 Å². The van der Waals surface area contributed by atoms with Gasteiger partial charge in [-0.25, -0.2) is 0 Å². The maximum absolute atomic E-state index is 12.0. The van der Waals surface area contributed by atoms with E-state index in [4.69, 9.17) is 14.6 Å². The molecule has 4 nitrogen and oxygen atoms in total. The van der Waals surface area contributed by atoms with Crippen molar-refractivity contribution in [2.75, 3.05) is 0 Å². The molecule has 0 radical (unpaired) electrons. The summed E-state index contributed by atoms with van der Waals surface area (Å²) in [6.45, 7) is 1.08. The molecule has 0 amide bonds. The van der Waals surface area contributed by atoms with Gasteiger partial charge in [-0.05, 0) is 17.7 Å². The Hall–Kier alpha value is -2.62. The maximum Gasteiger partial charge on any atom is 0.300 e. The van der Waals surface area contributed by atoms with Crippen molar-refractivity contribution in [1.82, 2.24) is 0 Å². The second kappa shape index (κ2) is 6.70. The summed E-state index contributed by atoms with van der Waals surface area (Å²) in [5.74, 6) is 0.0123. The van der Waals surface area contributed by atoms with Crippen molar-refractivity contribution < 1.29 is 19.4 Å². The van der Waals surface area contributed by atoms with Crippen LogP contribution in [0.15, 0.2) is 54.6 Å². The molecule has 0 spiro atoms. The first-order valence-corrected chi connectivity index (χ1v) is 6.61. The lowest BCUT2D eigenvalue weighted by atomic mass is 9.96. The number of para-hydroxylation sites is 1. The molecule has 0 bridgehead atoms. The number of carbonyl (C=O) groups is 2. The van der Waals surface area contributed by atoms with Gasteiger partial charge >= 0.3 is 0 Å². The minimum absolute atomic E-state index is 0.153. The first-order chi connectivity index (χ1) is 10.1. The number of Topliss-reactive ketones (excluding diaryl/α,β-unsaturated/α-hetero) is 1. The van der Waals surface area contributed by atoms with Crippen molar-refractivity contribution in [3.63, 3.8) is 0 Å². The molecule has 0 saturated heterocycles. The summed E-state index contributed by atoms with van der Waals surface area (Å²) in [5.41, 5.74) is 1.75. The van der Waals surface area contributed by atoms with Crippen LogP contribution in [0, 0.1) is 0 Å². The molecule has 2 aromatic rings. The second-order valence-electron chi connectivity index (χ2n) is 4.66. The number of fused-ring (bicyclic) bond motifs is 1. The smallest absolute Gasteiger partial charge is 0.300 e. The van der Waals surface area contributed by atoms with Gasteiger partial charge in [-0.15, -0.1) is 0 Å². The van der Waals surface area contributed by atoms with E-state index < -0.39 is 5.97 Å². The van der Waals surface area contributed by atoms with Gasteiger partial charge in [0, 0.05) is 6.92 Å². The van der Waals surface area contributed by atoms with E-state index in [1.807, 2.05) is 54.6 Å². The Kier molecular flexibility index (Phi) is 4.72. The highest BCUT2D eigenvalue weighted by Gasteiger charge is 2.26. The van der Waals surface area contributed by atoms with Crippen LogP contribution < -0.4 is 4.74 Å². The van der Waals surface area contributed by atoms with Crippen LogP contribution >= 0.6 is 0 Å². The van der Waals surface area contributed by atoms with Crippen molar-refractivity contribution in [3.8, 4) is 5.75 Å². The van der Waals surface area contributed by atoms with Crippen LogP contribution in [0.2, 0.25) is 0 Å². The summed E-state index contributed by atoms with van der Waals surface area (Å²) in [5, 5.41) is 7.42. The highest BCUT2D eigenvalue weighted by Crippen LogP contribution is 2.34. The molecule has 1 N–H and O–H groups in total. The average molecular weight is 284 g/mol. The number of carboxylic acid groups (broad SMARTS) is 1. The predicted octanol–water partition coefficient (Wildman–Crippen LogP) is 3.48. The van der Waals surface area contributed by atoms with Gasteiger partial charge in [-0.2, -0.15) is 0 Å². The molecule has 0 fully saturated rings. The van der Waals surface area contributed by atoms with E-state index in [9.17, 15) is 4.79 Å². The van der Waals surface area contributed by atoms with Gasteiger partial charge in [-0.1, -0.05) is 42.5 Å². The largest absolute Gasteiger partial charge is 0.484 e. The van der Waals surface area contributed by atoms with Crippen molar-refractivity contribution >= 4 is 11.8 Å². The Morgan fingerprint density at radius 2 is 1.67 bits per heavy atom.